The Morgan fingerprint density at radius 3 is 2.36 bits per heavy atom. The number of carbonyl (C=O) groups excluding carboxylic acids is 1. The van der Waals surface area contributed by atoms with Crippen LogP contribution >= 0.6 is 39.1 Å². The Morgan fingerprint density at radius 2 is 1.76 bits per heavy atom. The predicted molar refractivity (Wildman–Crippen MR) is 111 cm³/mol. The number of carbonyl (C=O) groups is 1. The summed E-state index contributed by atoms with van der Waals surface area (Å²) >= 11 is 15.6. The molecule has 0 spiro atoms. The molecule has 0 bridgehead atoms. The Kier molecular flexibility index (Phi) is 7.95. The molecule has 0 fully saturated rings. The minimum atomic E-state index is 0.110. The Labute approximate surface area is 168 Å². The third-order valence-electron chi connectivity index (χ3n) is 4.09. The summed E-state index contributed by atoms with van der Waals surface area (Å²) in [6, 6.07) is 11.7. The zero-order valence-corrected chi connectivity index (χ0v) is 17.5. The van der Waals surface area contributed by atoms with Gasteiger partial charge in [0.1, 0.15) is 0 Å². The minimum absolute atomic E-state index is 0.110. The number of halogens is 3. The van der Waals surface area contributed by atoms with Crippen LogP contribution in [0.4, 0.5) is 0 Å². The van der Waals surface area contributed by atoms with Crippen LogP contribution in [0.15, 0.2) is 36.4 Å². The molecule has 5 heteroatoms. The Bertz CT molecular complexity index is 728. The Balaban J connectivity index is 1.99. The van der Waals surface area contributed by atoms with E-state index in [2.05, 4.69) is 27.3 Å². The topological polar surface area (TPSA) is 29.1 Å². The number of benzene rings is 2. The molecule has 2 nitrogen and oxygen atoms in total. The van der Waals surface area contributed by atoms with E-state index in [0.717, 1.165) is 34.0 Å². The second-order valence-electron chi connectivity index (χ2n) is 6.28. The van der Waals surface area contributed by atoms with Crippen LogP contribution in [0.25, 0.3) is 0 Å². The monoisotopic (exact) mass is 441 g/mol. The second-order valence-corrected chi connectivity index (χ2v) is 7.89. The highest BCUT2D eigenvalue weighted by atomic mass is 79.9. The summed E-state index contributed by atoms with van der Waals surface area (Å²) in [6.07, 6.45) is 0.947. The van der Waals surface area contributed by atoms with Crippen molar-refractivity contribution in [2.75, 3.05) is 18.4 Å². The number of hydrogen-bond acceptors (Lipinski definition) is 2. The number of Topliss-reactive ketones (excluding diaryl/α,β-unsaturated/α-hetero) is 1. The van der Waals surface area contributed by atoms with Gasteiger partial charge in [0, 0.05) is 17.4 Å². The zero-order chi connectivity index (χ0) is 18.4. The molecule has 0 amide bonds. The van der Waals surface area contributed by atoms with Gasteiger partial charge < -0.3 is 5.32 Å². The lowest BCUT2D eigenvalue weighted by atomic mass is 9.96. The van der Waals surface area contributed by atoms with Crippen molar-refractivity contribution in [3.8, 4) is 0 Å². The maximum absolute atomic E-state index is 12.4. The standard InChI is InChI=1S/C20H22BrCl2NO/c1-13-7-14(2)9-17(8-13)20(25)12-24-11-16(5-6-21)15-3-4-18(22)19(23)10-15/h3-4,7-10,16,24H,5-6,11-12H2,1-2H3. The van der Waals surface area contributed by atoms with Crippen molar-refractivity contribution in [2.24, 2.45) is 0 Å². The molecule has 0 aromatic heterocycles. The van der Waals surface area contributed by atoms with Crippen molar-refractivity contribution < 1.29 is 4.79 Å². The maximum atomic E-state index is 12.4. The van der Waals surface area contributed by atoms with Gasteiger partial charge in [-0.25, -0.2) is 0 Å². The predicted octanol–water partition coefficient (Wildman–Crippen LogP) is 5.95. The molecule has 0 aliphatic heterocycles. The maximum Gasteiger partial charge on any atom is 0.176 e. The number of alkyl halides is 1. The van der Waals surface area contributed by atoms with E-state index in [-0.39, 0.29) is 11.7 Å². The molecule has 0 radical (unpaired) electrons. The Hall–Kier alpha value is -0.870. The molecule has 2 aromatic carbocycles. The van der Waals surface area contributed by atoms with Crippen LogP contribution in [0.2, 0.25) is 10.0 Å². The highest BCUT2D eigenvalue weighted by Crippen LogP contribution is 2.28. The second kappa shape index (κ2) is 9.72. The van der Waals surface area contributed by atoms with Crippen LogP contribution in [-0.4, -0.2) is 24.2 Å². The van der Waals surface area contributed by atoms with Crippen LogP contribution < -0.4 is 5.32 Å². The lowest BCUT2D eigenvalue weighted by molar-refractivity contribution is 0.0990. The van der Waals surface area contributed by atoms with Crippen molar-refractivity contribution in [3.05, 3.63) is 68.7 Å². The van der Waals surface area contributed by atoms with Crippen molar-refractivity contribution >= 4 is 44.9 Å². The van der Waals surface area contributed by atoms with E-state index >= 15 is 0 Å². The van der Waals surface area contributed by atoms with E-state index in [1.165, 1.54) is 0 Å². The number of rotatable bonds is 8. The first-order chi connectivity index (χ1) is 11.9. The zero-order valence-electron chi connectivity index (χ0n) is 14.4. The van der Waals surface area contributed by atoms with E-state index in [9.17, 15) is 4.79 Å². The molecule has 2 rings (SSSR count). The van der Waals surface area contributed by atoms with Gasteiger partial charge in [-0.1, -0.05) is 62.4 Å². The van der Waals surface area contributed by atoms with Gasteiger partial charge in [0.05, 0.1) is 16.6 Å². The lowest BCUT2D eigenvalue weighted by Gasteiger charge is -2.18. The van der Waals surface area contributed by atoms with Crippen molar-refractivity contribution in [1.29, 1.82) is 0 Å². The molecule has 25 heavy (non-hydrogen) atoms. The summed E-state index contributed by atoms with van der Waals surface area (Å²) in [5.74, 6) is 0.375. The Morgan fingerprint density at radius 1 is 1.08 bits per heavy atom. The molecular weight excluding hydrogens is 421 g/mol. The summed E-state index contributed by atoms with van der Waals surface area (Å²) in [7, 11) is 0. The third-order valence-corrected chi connectivity index (χ3v) is 5.29. The lowest BCUT2D eigenvalue weighted by Crippen LogP contribution is -2.28. The summed E-state index contributed by atoms with van der Waals surface area (Å²) in [5, 5.41) is 5.29. The van der Waals surface area contributed by atoms with Gasteiger partial charge >= 0.3 is 0 Å². The van der Waals surface area contributed by atoms with Gasteiger partial charge in [0.15, 0.2) is 5.78 Å². The summed E-state index contributed by atoms with van der Waals surface area (Å²) < 4.78 is 0. The first-order valence-corrected chi connectivity index (χ1v) is 10.1. The molecule has 1 N–H and O–H groups in total. The quantitative estimate of drug-likeness (QED) is 0.404. The summed E-state index contributed by atoms with van der Waals surface area (Å²) in [6.45, 7) is 5.05. The molecule has 134 valence electrons. The SMILES string of the molecule is Cc1cc(C)cc(C(=O)CNCC(CCBr)c2ccc(Cl)c(Cl)c2)c1. The summed E-state index contributed by atoms with van der Waals surface area (Å²) in [5.41, 5.74) is 4.10. The molecule has 2 aromatic rings. The number of nitrogens with one attached hydrogen (secondary N) is 1. The van der Waals surface area contributed by atoms with Gasteiger partial charge in [-0.15, -0.1) is 0 Å². The van der Waals surface area contributed by atoms with Gasteiger partial charge in [0.2, 0.25) is 0 Å². The van der Waals surface area contributed by atoms with Crippen LogP contribution in [0.3, 0.4) is 0 Å². The fraction of sp³-hybridized carbons (Fsp3) is 0.350. The highest BCUT2D eigenvalue weighted by molar-refractivity contribution is 9.09. The smallest absolute Gasteiger partial charge is 0.176 e. The molecule has 0 heterocycles. The fourth-order valence-corrected chi connectivity index (χ4v) is 3.74. The van der Waals surface area contributed by atoms with Crippen LogP contribution in [-0.2, 0) is 0 Å². The molecule has 1 atom stereocenters. The van der Waals surface area contributed by atoms with E-state index in [1.54, 1.807) is 0 Å². The molecule has 0 saturated heterocycles. The fourth-order valence-electron chi connectivity index (χ4n) is 2.88. The average Bonchev–Trinajstić information content (AvgIpc) is 2.55. The third kappa shape index (κ3) is 6.10. The van der Waals surface area contributed by atoms with Gasteiger partial charge in [-0.05, 0) is 56.0 Å². The van der Waals surface area contributed by atoms with E-state index in [1.807, 2.05) is 44.2 Å². The van der Waals surface area contributed by atoms with Crippen molar-refractivity contribution in [3.63, 3.8) is 0 Å². The average molecular weight is 443 g/mol. The first kappa shape index (κ1) is 20.4. The molecule has 1 unspecified atom stereocenters. The summed E-state index contributed by atoms with van der Waals surface area (Å²) in [4.78, 5) is 12.4. The van der Waals surface area contributed by atoms with Crippen molar-refractivity contribution in [1.82, 2.24) is 5.32 Å². The van der Waals surface area contributed by atoms with Crippen LogP contribution in [0, 0.1) is 13.8 Å². The molecular formula is C20H22BrCl2NO. The minimum Gasteiger partial charge on any atom is -0.309 e. The molecule has 0 aliphatic carbocycles. The molecule has 0 saturated carbocycles. The largest absolute Gasteiger partial charge is 0.309 e. The van der Waals surface area contributed by atoms with E-state index in [4.69, 9.17) is 23.2 Å². The normalized spacial score (nSPS) is 12.2. The van der Waals surface area contributed by atoms with Gasteiger partial charge in [-0.3, -0.25) is 4.79 Å². The van der Waals surface area contributed by atoms with Crippen LogP contribution in [0.1, 0.15) is 39.4 Å². The van der Waals surface area contributed by atoms with E-state index in [0.29, 0.717) is 23.1 Å². The number of ketones is 1. The van der Waals surface area contributed by atoms with Crippen LogP contribution in [0.5, 0.6) is 0 Å². The molecule has 0 aliphatic rings. The van der Waals surface area contributed by atoms with Gasteiger partial charge in [0.25, 0.3) is 0 Å². The number of aryl methyl sites for hydroxylation is 2. The number of hydrogen-bond donors (Lipinski definition) is 1. The van der Waals surface area contributed by atoms with E-state index < -0.39 is 0 Å². The first-order valence-electron chi connectivity index (χ1n) is 8.24. The highest BCUT2D eigenvalue weighted by Gasteiger charge is 2.14. The van der Waals surface area contributed by atoms with Gasteiger partial charge in [-0.2, -0.15) is 0 Å². The van der Waals surface area contributed by atoms with Crippen molar-refractivity contribution in [2.45, 2.75) is 26.2 Å².